The summed E-state index contributed by atoms with van der Waals surface area (Å²) < 4.78 is 1.27. The van der Waals surface area contributed by atoms with Gasteiger partial charge in [-0.3, -0.25) is 0 Å². The summed E-state index contributed by atoms with van der Waals surface area (Å²) in [5.74, 6) is 0. The summed E-state index contributed by atoms with van der Waals surface area (Å²) in [6.07, 6.45) is 5.25. The maximum absolute atomic E-state index is 3.64. The van der Waals surface area contributed by atoms with Crippen LogP contribution in [0, 0.1) is 9.65 Å². The van der Waals surface area contributed by atoms with Gasteiger partial charge in [-0.05, 0) is 58.3 Å². The van der Waals surface area contributed by atoms with E-state index in [1.807, 2.05) is 0 Å². The zero-order valence-electron chi connectivity index (χ0n) is 7.23. The number of rotatable bonds is 3. The van der Waals surface area contributed by atoms with E-state index in [0.29, 0.717) is 0 Å². The van der Waals surface area contributed by atoms with Crippen LogP contribution in [-0.4, -0.2) is 0 Å². The van der Waals surface area contributed by atoms with Crippen LogP contribution in [0.25, 0.3) is 0 Å². The fraction of sp³-hybridized carbons (Fsp3) is 0.273. The van der Waals surface area contributed by atoms with E-state index in [4.69, 9.17) is 0 Å². The molecule has 0 unspecified atom stereocenters. The van der Waals surface area contributed by atoms with Crippen molar-refractivity contribution in [3.05, 3.63) is 45.6 Å². The van der Waals surface area contributed by atoms with Gasteiger partial charge in [0.1, 0.15) is 0 Å². The molecule has 1 aromatic carbocycles. The van der Waals surface area contributed by atoms with Gasteiger partial charge in [0, 0.05) is 3.57 Å². The Balaban J connectivity index is 2.97. The monoisotopic (exact) mass is 271 g/mol. The molecule has 0 aliphatic heterocycles. The summed E-state index contributed by atoms with van der Waals surface area (Å²) in [7, 11) is 0. The van der Waals surface area contributed by atoms with Crippen molar-refractivity contribution >= 4 is 22.6 Å². The van der Waals surface area contributed by atoms with Crippen LogP contribution in [0.3, 0.4) is 0 Å². The zero-order chi connectivity index (χ0) is 8.97. The molecule has 0 atom stereocenters. The average Bonchev–Trinajstić information content (AvgIpc) is 2.04. The molecule has 0 heterocycles. The quantitative estimate of drug-likeness (QED) is 0.737. The van der Waals surface area contributed by atoms with Gasteiger partial charge < -0.3 is 0 Å². The van der Waals surface area contributed by atoms with E-state index in [2.05, 4.69) is 60.4 Å². The molecule has 0 bridgehead atoms. The molecule has 0 amide bonds. The van der Waals surface area contributed by atoms with Crippen LogP contribution >= 0.6 is 22.6 Å². The van der Waals surface area contributed by atoms with E-state index in [1.54, 1.807) is 0 Å². The summed E-state index contributed by atoms with van der Waals surface area (Å²) >= 11 is 2.33. The SMILES string of the molecule is C=[C]c1cc(I)cc(CCC)c1. The molecular formula is C11H12I. The molecule has 1 radical (unpaired) electrons. The van der Waals surface area contributed by atoms with Gasteiger partial charge in [0.2, 0.25) is 0 Å². The second kappa shape index (κ2) is 4.65. The van der Waals surface area contributed by atoms with Gasteiger partial charge in [-0.2, -0.15) is 0 Å². The second-order valence-electron chi connectivity index (χ2n) is 2.77. The minimum absolute atomic E-state index is 1.10. The van der Waals surface area contributed by atoms with Crippen molar-refractivity contribution in [1.82, 2.24) is 0 Å². The van der Waals surface area contributed by atoms with E-state index in [-0.39, 0.29) is 0 Å². The molecule has 1 aromatic rings. The normalized spacial score (nSPS) is 9.83. The highest BCUT2D eigenvalue weighted by molar-refractivity contribution is 14.1. The zero-order valence-corrected chi connectivity index (χ0v) is 9.39. The Morgan fingerprint density at radius 1 is 1.42 bits per heavy atom. The molecular weight excluding hydrogens is 259 g/mol. The van der Waals surface area contributed by atoms with E-state index >= 15 is 0 Å². The fourth-order valence-corrected chi connectivity index (χ4v) is 1.92. The Labute approximate surface area is 87.8 Å². The van der Waals surface area contributed by atoms with Crippen molar-refractivity contribution in [1.29, 1.82) is 0 Å². The van der Waals surface area contributed by atoms with Crippen LogP contribution < -0.4 is 0 Å². The minimum atomic E-state index is 1.10. The van der Waals surface area contributed by atoms with Gasteiger partial charge >= 0.3 is 0 Å². The molecule has 0 saturated carbocycles. The molecule has 0 spiro atoms. The molecule has 0 aliphatic carbocycles. The Morgan fingerprint density at radius 2 is 2.17 bits per heavy atom. The fourth-order valence-electron chi connectivity index (χ4n) is 1.19. The maximum atomic E-state index is 3.64. The van der Waals surface area contributed by atoms with E-state index < -0.39 is 0 Å². The molecule has 12 heavy (non-hydrogen) atoms. The number of halogens is 1. The van der Waals surface area contributed by atoms with E-state index in [0.717, 1.165) is 12.0 Å². The largest absolute Gasteiger partial charge is 0.0906 e. The topological polar surface area (TPSA) is 0 Å². The summed E-state index contributed by atoms with van der Waals surface area (Å²) in [5.41, 5.74) is 2.49. The number of hydrogen-bond donors (Lipinski definition) is 0. The smallest absolute Gasteiger partial charge is 0.0139 e. The van der Waals surface area contributed by atoms with Crippen LogP contribution in [0.1, 0.15) is 24.5 Å². The lowest BCUT2D eigenvalue weighted by atomic mass is 10.1. The van der Waals surface area contributed by atoms with Crippen molar-refractivity contribution in [3.8, 4) is 0 Å². The van der Waals surface area contributed by atoms with Crippen molar-refractivity contribution in [3.63, 3.8) is 0 Å². The molecule has 0 aromatic heterocycles. The van der Waals surface area contributed by atoms with Crippen LogP contribution in [-0.2, 0) is 6.42 Å². The first kappa shape index (κ1) is 9.78. The minimum Gasteiger partial charge on any atom is -0.0906 e. The number of aryl methyl sites for hydroxylation is 1. The predicted molar refractivity (Wildman–Crippen MR) is 61.1 cm³/mol. The molecule has 0 fully saturated rings. The van der Waals surface area contributed by atoms with Crippen LogP contribution in [0.4, 0.5) is 0 Å². The van der Waals surface area contributed by atoms with Crippen LogP contribution in [0.5, 0.6) is 0 Å². The molecule has 0 aliphatic rings. The average molecular weight is 271 g/mol. The van der Waals surface area contributed by atoms with Gasteiger partial charge in [0.05, 0.1) is 0 Å². The molecule has 1 heteroatoms. The summed E-state index contributed by atoms with van der Waals surface area (Å²) in [4.78, 5) is 0. The first-order valence-electron chi connectivity index (χ1n) is 4.09. The van der Waals surface area contributed by atoms with Gasteiger partial charge in [0.15, 0.2) is 0 Å². The molecule has 0 N–H and O–H groups in total. The Bertz CT molecular complexity index is 276. The molecule has 1 rings (SSSR count). The second-order valence-corrected chi connectivity index (χ2v) is 4.02. The summed E-state index contributed by atoms with van der Waals surface area (Å²) in [6, 6.07) is 6.45. The highest BCUT2D eigenvalue weighted by Gasteiger charge is 1.95. The maximum Gasteiger partial charge on any atom is 0.0139 e. The van der Waals surface area contributed by atoms with Crippen LogP contribution in [0.2, 0.25) is 0 Å². The van der Waals surface area contributed by atoms with Gasteiger partial charge in [0.25, 0.3) is 0 Å². The Hall–Kier alpha value is -0.310. The Morgan fingerprint density at radius 3 is 2.75 bits per heavy atom. The molecule has 63 valence electrons. The summed E-state index contributed by atoms with van der Waals surface area (Å²) in [6.45, 7) is 5.84. The first-order valence-corrected chi connectivity index (χ1v) is 5.16. The lowest BCUT2D eigenvalue weighted by Crippen LogP contribution is -1.86. The van der Waals surface area contributed by atoms with Gasteiger partial charge in [-0.15, -0.1) is 0 Å². The predicted octanol–water partition coefficient (Wildman–Crippen LogP) is 3.58. The van der Waals surface area contributed by atoms with Crippen molar-refractivity contribution in [2.75, 3.05) is 0 Å². The highest BCUT2D eigenvalue weighted by atomic mass is 127. The standard InChI is InChI=1S/C11H12I/c1-3-5-10-6-9(4-2)7-11(12)8-10/h6-8H,2-3,5H2,1H3. The number of benzene rings is 1. The van der Waals surface area contributed by atoms with E-state index in [9.17, 15) is 0 Å². The van der Waals surface area contributed by atoms with Gasteiger partial charge in [-0.1, -0.05) is 26.0 Å². The van der Waals surface area contributed by atoms with Crippen molar-refractivity contribution < 1.29 is 0 Å². The molecule has 0 nitrogen and oxygen atoms in total. The van der Waals surface area contributed by atoms with E-state index in [1.165, 1.54) is 15.6 Å². The third-order valence-electron chi connectivity index (χ3n) is 1.70. The van der Waals surface area contributed by atoms with Crippen molar-refractivity contribution in [2.45, 2.75) is 19.8 Å². The highest BCUT2D eigenvalue weighted by Crippen LogP contribution is 2.13. The Kier molecular flexibility index (Phi) is 3.79. The van der Waals surface area contributed by atoms with Crippen molar-refractivity contribution in [2.24, 2.45) is 0 Å². The third kappa shape index (κ3) is 2.63. The van der Waals surface area contributed by atoms with Gasteiger partial charge in [-0.25, -0.2) is 0 Å². The number of hydrogen-bond acceptors (Lipinski definition) is 0. The first-order chi connectivity index (χ1) is 5.76. The lowest BCUT2D eigenvalue weighted by molar-refractivity contribution is 0.920. The summed E-state index contributed by atoms with van der Waals surface area (Å²) in [5, 5.41) is 0. The third-order valence-corrected chi connectivity index (χ3v) is 2.32. The van der Waals surface area contributed by atoms with Crippen LogP contribution in [0.15, 0.2) is 24.8 Å². The molecule has 0 saturated heterocycles. The lowest BCUT2D eigenvalue weighted by Gasteiger charge is -2.01.